The first-order chi connectivity index (χ1) is 9.02. The highest BCUT2D eigenvalue weighted by molar-refractivity contribution is 7.90. The van der Waals surface area contributed by atoms with Crippen molar-refractivity contribution >= 4 is 15.9 Å². The molecule has 3 rings (SSSR count). The minimum atomic E-state index is -3.50. The van der Waals surface area contributed by atoms with E-state index < -0.39 is 10.2 Å². The Morgan fingerprint density at radius 2 is 1.74 bits per heavy atom. The fourth-order valence-electron chi connectivity index (χ4n) is 2.91. The molecule has 1 heterocycles. The van der Waals surface area contributed by atoms with E-state index in [0.29, 0.717) is 12.2 Å². The molecular weight excluding hydrogens is 267 g/mol. The predicted octanol–water partition coefficient (Wildman–Crippen LogP) is 2.50. The molecule has 4 nitrogen and oxygen atoms in total. The van der Waals surface area contributed by atoms with Crippen LogP contribution in [0.2, 0.25) is 0 Å². The number of benzene rings is 1. The average molecular weight is 284 g/mol. The SMILES string of the molecule is O=S(=O)(Nc1ccc(F)cc1)N1CC12CCCCC2. The fourth-order valence-corrected chi connectivity index (χ4v) is 4.56. The molecular formula is C13H17FN2O2S. The standard InChI is InChI=1S/C13H17FN2O2S/c14-11-4-6-12(7-5-11)15-19(17,18)16-10-13(16)8-2-1-3-9-13/h4-7,15H,1-3,8-10H2. The minimum absolute atomic E-state index is 0.135. The van der Waals surface area contributed by atoms with Crippen molar-refractivity contribution in [2.45, 2.75) is 37.6 Å². The molecule has 19 heavy (non-hydrogen) atoms. The normalized spacial score (nSPS) is 25.2. The van der Waals surface area contributed by atoms with Gasteiger partial charge in [-0.1, -0.05) is 19.3 Å². The fraction of sp³-hybridized carbons (Fsp3) is 0.538. The largest absolute Gasteiger partial charge is 0.302 e. The van der Waals surface area contributed by atoms with Crippen molar-refractivity contribution in [2.75, 3.05) is 11.3 Å². The van der Waals surface area contributed by atoms with E-state index in [9.17, 15) is 12.8 Å². The van der Waals surface area contributed by atoms with Crippen LogP contribution in [-0.2, 0) is 10.2 Å². The zero-order valence-corrected chi connectivity index (χ0v) is 11.4. The number of hydrogen-bond donors (Lipinski definition) is 1. The van der Waals surface area contributed by atoms with E-state index in [4.69, 9.17) is 0 Å². The summed E-state index contributed by atoms with van der Waals surface area (Å²) >= 11 is 0. The third-order valence-corrected chi connectivity index (χ3v) is 5.62. The molecule has 2 fully saturated rings. The quantitative estimate of drug-likeness (QED) is 0.867. The summed E-state index contributed by atoms with van der Waals surface area (Å²) in [7, 11) is -3.50. The first-order valence-corrected chi connectivity index (χ1v) is 8.02. The van der Waals surface area contributed by atoms with Gasteiger partial charge in [-0.25, -0.2) is 4.39 Å². The Kier molecular flexibility index (Phi) is 3.02. The van der Waals surface area contributed by atoms with Gasteiger partial charge in [0.15, 0.2) is 0 Å². The van der Waals surface area contributed by atoms with Gasteiger partial charge >= 0.3 is 10.2 Å². The van der Waals surface area contributed by atoms with E-state index in [2.05, 4.69) is 4.72 Å². The van der Waals surface area contributed by atoms with Crippen molar-refractivity contribution in [2.24, 2.45) is 0 Å². The molecule has 6 heteroatoms. The van der Waals surface area contributed by atoms with E-state index in [1.54, 1.807) is 4.31 Å². The molecule has 1 aromatic rings. The van der Waals surface area contributed by atoms with Crippen LogP contribution in [0.3, 0.4) is 0 Å². The summed E-state index contributed by atoms with van der Waals surface area (Å²) in [6, 6.07) is 5.36. The second kappa shape index (κ2) is 4.45. The van der Waals surface area contributed by atoms with Gasteiger partial charge in [0.25, 0.3) is 0 Å². The summed E-state index contributed by atoms with van der Waals surface area (Å²) in [6.07, 6.45) is 5.31. The molecule has 1 saturated heterocycles. The van der Waals surface area contributed by atoms with Gasteiger partial charge in [0, 0.05) is 12.2 Å². The Labute approximate surface area is 112 Å². The number of nitrogens with zero attached hydrogens (tertiary/aromatic N) is 1. The van der Waals surface area contributed by atoms with Crippen LogP contribution < -0.4 is 4.72 Å². The molecule has 0 bridgehead atoms. The van der Waals surface area contributed by atoms with Crippen LogP contribution in [0.5, 0.6) is 0 Å². The zero-order valence-electron chi connectivity index (χ0n) is 10.6. The van der Waals surface area contributed by atoms with E-state index in [1.165, 1.54) is 30.7 Å². The highest BCUT2D eigenvalue weighted by Gasteiger charge is 2.58. The van der Waals surface area contributed by atoms with Crippen LogP contribution in [0.25, 0.3) is 0 Å². The highest BCUT2D eigenvalue weighted by atomic mass is 32.2. The van der Waals surface area contributed by atoms with Crippen molar-refractivity contribution < 1.29 is 12.8 Å². The van der Waals surface area contributed by atoms with Crippen LogP contribution in [0.15, 0.2) is 24.3 Å². The molecule has 1 atom stereocenters. The van der Waals surface area contributed by atoms with Crippen molar-refractivity contribution in [1.82, 2.24) is 4.31 Å². The molecule has 104 valence electrons. The van der Waals surface area contributed by atoms with Crippen molar-refractivity contribution in [3.63, 3.8) is 0 Å². The summed E-state index contributed by atoms with van der Waals surface area (Å²) in [6.45, 7) is 0.615. The maximum Gasteiger partial charge on any atom is 0.302 e. The lowest BCUT2D eigenvalue weighted by molar-refractivity contribution is 0.367. The first-order valence-electron chi connectivity index (χ1n) is 6.58. The molecule has 1 N–H and O–H groups in total. The Balaban J connectivity index is 1.72. The van der Waals surface area contributed by atoms with Crippen molar-refractivity contribution in [3.05, 3.63) is 30.1 Å². The maximum absolute atomic E-state index is 12.8. The van der Waals surface area contributed by atoms with Crippen LogP contribution in [0, 0.1) is 5.82 Å². The highest BCUT2D eigenvalue weighted by Crippen LogP contribution is 2.47. The molecule has 1 spiro atoms. The molecule has 1 aromatic carbocycles. The maximum atomic E-state index is 12.8. The Bertz CT molecular complexity index is 565. The second-order valence-corrected chi connectivity index (χ2v) is 7.00. The predicted molar refractivity (Wildman–Crippen MR) is 71.5 cm³/mol. The van der Waals surface area contributed by atoms with E-state index in [1.807, 2.05) is 0 Å². The van der Waals surface area contributed by atoms with E-state index >= 15 is 0 Å². The zero-order chi connectivity index (χ0) is 13.5. The number of anilines is 1. The van der Waals surface area contributed by atoms with Crippen molar-refractivity contribution in [1.29, 1.82) is 0 Å². The first kappa shape index (κ1) is 12.9. The Morgan fingerprint density at radius 1 is 1.11 bits per heavy atom. The second-order valence-electron chi connectivity index (χ2n) is 5.41. The van der Waals surface area contributed by atoms with Gasteiger partial charge < -0.3 is 0 Å². The minimum Gasteiger partial charge on any atom is -0.271 e. The molecule has 0 radical (unpaired) electrons. The van der Waals surface area contributed by atoms with Crippen LogP contribution >= 0.6 is 0 Å². The summed E-state index contributed by atoms with van der Waals surface area (Å²) in [5, 5.41) is 0. The third kappa shape index (κ3) is 2.47. The molecule has 0 aromatic heterocycles. The van der Waals surface area contributed by atoms with Crippen molar-refractivity contribution in [3.8, 4) is 0 Å². The summed E-state index contributed by atoms with van der Waals surface area (Å²) < 4.78 is 41.3. The van der Waals surface area contributed by atoms with Crippen LogP contribution in [-0.4, -0.2) is 24.8 Å². The molecule has 0 amide bonds. The topological polar surface area (TPSA) is 49.2 Å². The molecule has 2 aliphatic rings. The number of hydrogen-bond acceptors (Lipinski definition) is 2. The lowest BCUT2D eigenvalue weighted by Crippen LogP contribution is -2.30. The smallest absolute Gasteiger partial charge is 0.271 e. The molecule has 1 unspecified atom stereocenters. The molecule has 1 aliphatic carbocycles. The lowest BCUT2D eigenvalue weighted by Gasteiger charge is -2.22. The van der Waals surface area contributed by atoms with Gasteiger partial charge in [-0.15, -0.1) is 0 Å². The number of rotatable bonds is 3. The third-order valence-electron chi connectivity index (χ3n) is 4.03. The summed E-state index contributed by atoms with van der Waals surface area (Å²) in [5.74, 6) is -0.376. The number of halogens is 1. The van der Waals surface area contributed by atoms with Crippen LogP contribution in [0.1, 0.15) is 32.1 Å². The van der Waals surface area contributed by atoms with E-state index in [-0.39, 0.29) is 11.4 Å². The van der Waals surface area contributed by atoms with Gasteiger partial charge in [-0.05, 0) is 37.1 Å². The summed E-state index contributed by atoms with van der Waals surface area (Å²) in [5.41, 5.74) is 0.267. The average Bonchev–Trinajstić information content (AvgIpc) is 3.08. The monoisotopic (exact) mass is 284 g/mol. The van der Waals surface area contributed by atoms with Crippen LogP contribution in [0.4, 0.5) is 10.1 Å². The summed E-state index contributed by atoms with van der Waals surface area (Å²) in [4.78, 5) is 0. The molecule has 1 aliphatic heterocycles. The van der Waals surface area contributed by atoms with Gasteiger partial charge in [-0.3, -0.25) is 4.72 Å². The lowest BCUT2D eigenvalue weighted by atomic mass is 9.89. The van der Waals surface area contributed by atoms with E-state index in [0.717, 1.165) is 25.7 Å². The Morgan fingerprint density at radius 3 is 2.37 bits per heavy atom. The van der Waals surface area contributed by atoms with Gasteiger partial charge in [0.2, 0.25) is 0 Å². The molecule has 1 saturated carbocycles. The van der Waals surface area contributed by atoms with Gasteiger partial charge in [0.1, 0.15) is 5.82 Å². The van der Waals surface area contributed by atoms with Gasteiger partial charge in [0.05, 0.1) is 5.54 Å². The van der Waals surface area contributed by atoms with Gasteiger partial charge in [-0.2, -0.15) is 12.7 Å². The number of nitrogens with one attached hydrogen (secondary N) is 1. The Hall–Kier alpha value is -1.14.